The summed E-state index contributed by atoms with van der Waals surface area (Å²) in [5.74, 6) is 0.469. The lowest BCUT2D eigenvalue weighted by atomic mass is 10.4. The van der Waals surface area contributed by atoms with Crippen LogP contribution in [0.3, 0.4) is 0 Å². The van der Waals surface area contributed by atoms with Gasteiger partial charge in [0.15, 0.2) is 5.82 Å². The molecular formula is C7H12N4O. The normalized spacial score (nSPS) is 9.83. The van der Waals surface area contributed by atoms with Crippen LogP contribution in [0.15, 0.2) is 6.07 Å². The van der Waals surface area contributed by atoms with E-state index in [1.807, 2.05) is 6.92 Å². The minimum absolute atomic E-state index is 0.0935. The van der Waals surface area contributed by atoms with Gasteiger partial charge in [-0.2, -0.15) is 5.10 Å². The van der Waals surface area contributed by atoms with Gasteiger partial charge in [0, 0.05) is 11.8 Å². The predicted molar refractivity (Wildman–Crippen MR) is 45.9 cm³/mol. The first-order chi connectivity index (χ1) is 5.72. The fourth-order valence-electron chi connectivity index (χ4n) is 0.830. The number of carbonyl (C=O) groups is 1. The fraction of sp³-hybridized carbons (Fsp3) is 0.429. The van der Waals surface area contributed by atoms with Gasteiger partial charge in [0.1, 0.15) is 0 Å². The average Bonchev–Trinajstić information content (AvgIpc) is 2.36. The number of nitrogens with zero attached hydrogens (tertiary/aromatic N) is 1. The van der Waals surface area contributed by atoms with Crippen molar-refractivity contribution in [1.82, 2.24) is 15.5 Å². The average molecular weight is 168 g/mol. The van der Waals surface area contributed by atoms with Crippen LogP contribution in [-0.2, 0) is 4.79 Å². The second kappa shape index (κ2) is 3.87. The third kappa shape index (κ3) is 2.35. The van der Waals surface area contributed by atoms with Crippen LogP contribution in [0.25, 0.3) is 0 Å². The van der Waals surface area contributed by atoms with Gasteiger partial charge in [-0.3, -0.25) is 9.89 Å². The second-order valence-electron chi connectivity index (χ2n) is 2.51. The molecule has 0 fully saturated rings. The molecule has 3 N–H and O–H groups in total. The van der Waals surface area contributed by atoms with Crippen LogP contribution in [0.1, 0.15) is 5.69 Å². The lowest BCUT2D eigenvalue weighted by molar-refractivity contribution is -0.115. The molecule has 1 aromatic rings. The van der Waals surface area contributed by atoms with Crippen LogP contribution < -0.4 is 10.6 Å². The van der Waals surface area contributed by atoms with Gasteiger partial charge in [-0.15, -0.1) is 0 Å². The molecule has 0 atom stereocenters. The summed E-state index contributed by atoms with van der Waals surface area (Å²) in [5, 5.41) is 11.9. The van der Waals surface area contributed by atoms with Crippen molar-refractivity contribution in [3.05, 3.63) is 11.8 Å². The molecule has 5 heteroatoms. The van der Waals surface area contributed by atoms with E-state index in [-0.39, 0.29) is 5.91 Å². The van der Waals surface area contributed by atoms with Crippen molar-refractivity contribution in [3.8, 4) is 0 Å². The fourth-order valence-corrected chi connectivity index (χ4v) is 0.830. The van der Waals surface area contributed by atoms with E-state index in [4.69, 9.17) is 0 Å². The predicted octanol–water partition coefficient (Wildman–Crippen LogP) is -0.124. The first kappa shape index (κ1) is 8.73. The zero-order chi connectivity index (χ0) is 8.97. The maximum atomic E-state index is 11.0. The molecule has 1 aromatic heterocycles. The van der Waals surface area contributed by atoms with Gasteiger partial charge in [0.05, 0.1) is 6.54 Å². The summed E-state index contributed by atoms with van der Waals surface area (Å²) in [7, 11) is 1.72. The molecule has 0 saturated heterocycles. The number of amides is 1. The molecule has 0 aromatic carbocycles. The largest absolute Gasteiger partial charge is 0.311 e. The number of rotatable bonds is 3. The zero-order valence-corrected chi connectivity index (χ0v) is 7.14. The molecule has 0 aliphatic heterocycles. The minimum atomic E-state index is -0.0935. The minimum Gasteiger partial charge on any atom is -0.311 e. The van der Waals surface area contributed by atoms with E-state index in [0.29, 0.717) is 12.4 Å². The molecule has 0 bridgehead atoms. The quantitative estimate of drug-likeness (QED) is 0.589. The highest BCUT2D eigenvalue weighted by molar-refractivity contribution is 5.91. The Morgan fingerprint density at radius 3 is 3.00 bits per heavy atom. The van der Waals surface area contributed by atoms with Crippen molar-refractivity contribution >= 4 is 11.7 Å². The molecule has 66 valence electrons. The zero-order valence-electron chi connectivity index (χ0n) is 7.14. The number of hydrogen-bond acceptors (Lipinski definition) is 3. The third-order valence-electron chi connectivity index (χ3n) is 1.31. The highest BCUT2D eigenvalue weighted by Crippen LogP contribution is 2.02. The standard InChI is InChI=1S/C7H12N4O/c1-5-3-6(11-10-5)9-7(12)4-8-2/h3,8H,4H2,1-2H3,(H2,9,10,11,12). The number of aryl methyl sites for hydroxylation is 1. The summed E-state index contributed by atoms with van der Waals surface area (Å²) in [4.78, 5) is 11.0. The molecule has 0 aliphatic rings. The summed E-state index contributed by atoms with van der Waals surface area (Å²) in [6.45, 7) is 2.17. The molecule has 1 heterocycles. The number of carbonyl (C=O) groups excluding carboxylic acids is 1. The van der Waals surface area contributed by atoms with Gasteiger partial charge in [-0.1, -0.05) is 0 Å². The number of anilines is 1. The number of aromatic nitrogens is 2. The molecule has 1 amide bonds. The second-order valence-corrected chi connectivity index (χ2v) is 2.51. The van der Waals surface area contributed by atoms with Gasteiger partial charge in [0.2, 0.25) is 5.91 Å². The van der Waals surface area contributed by atoms with Gasteiger partial charge >= 0.3 is 0 Å². The third-order valence-corrected chi connectivity index (χ3v) is 1.31. The van der Waals surface area contributed by atoms with E-state index in [2.05, 4.69) is 20.8 Å². The monoisotopic (exact) mass is 168 g/mol. The Balaban J connectivity index is 2.46. The highest BCUT2D eigenvalue weighted by Gasteiger charge is 2.01. The summed E-state index contributed by atoms with van der Waals surface area (Å²) < 4.78 is 0. The number of nitrogens with one attached hydrogen (secondary N) is 3. The maximum Gasteiger partial charge on any atom is 0.239 e. The molecule has 5 nitrogen and oxygen atoms in total. The van der Waals surface area contributed by atoms with E-state index < -0.39 is 0 Å². The van der Waals surface area contributed by atoms with E-state index in [0.717, 1.165) is 5.69 Å². The summed E-state index contributed by atoms with van der Waals surface area (Å²) in [6, 6.07) is 1.77. The van der Waals surface area contributed by atoms with Crippen molar-refractivity contribution in [2.24, 2.45) is 0 Å². The van der Waals surface area contributed by atoms with E-state index in [1.54, 1.807) is 13.1 Å². The Bertz CT molecular complexity index is 268. The van der Waals surface area contributed by atoms with Crippen LogP contribution >= 0.6 is 0 Å². The summed E-state index contributed by atoms with van der Waals surface area (Å²) in [6.07, 6.45) is 0. The first-order valence-electron chi connectivity index (χ1n) is 3.69. The van der Waals surface area contributed by atoms with Gasteiger partial charge in [-0.25, -0.2) is 0 Å². The maximum absolute atomic E-state index is 11.0. The van der Waals surface area contributed by atoms with Crippen LogP contribution in [0.5, 0.6) is 0 Å². The number of likely N-dealkylation sites (N-methyl/N-ethyl adjacent to an activating group) is 1. The smallest absolute Gasteiger partial charge is 0.239 e. The van der Waals surface area contributed by atoms with Crippen molar-refractivity contribution in [2.45, 2.75) is 6.92 Å². The van der Waals surface area contributed by atoms with Gasteiger partial charge in [-0.05, 0) is 14.0 Å². The van der Waals surface area contributed by atoms with E-state index in [1.165, 1.54) is 0 Å². The van der Waals surface area contributed by atoms with Crippen LogP contribution in [0.2, 0.25) is 0 Å². The molecule has 1 rings (SSSR count). The Kier molecular flexibility index (Phi) is 2.82. The SMILES string of the molecule is CNCC(=O)Nc1cc(C)[nH]n1. The molecule has 0 unspecified atom stereocenters. The topological polar surface area (TPSA) is 69.8 Å². The van der Waals surface area contributed by atoms with E-state index in [9.17, 15) is 4.79 Å². The Morgan fingerprint density at radius 2 is 2.50 bits per heavy atom. The highest BCUT2D eigenvalue weighted by atomic mass is 16.1. The molecule has 0 saturated carbocycles. The van der Waals surface area contributed by atoms with Crippen LogP contribution in [0, 0.1) is 6.92 Å². The van der Waals surface area contributed by atoms with E-state index >= 15 is 0 Å². The van der Waals surface area contributed by atoms with Crippen molar-refractivity contribution < 1.29 is 4.79 Å². The number of H-pyrrole nitrogens is 1. The van der Waals surface area contributed by atoms with Crippen LogP contribution in [0.4, 0.5) is 5.82 Å². The summed E-state index contributed by atoms with van der Waals surface area (Å²) >= 11 is 0. The molecular weight excluding hydrogens is 156 g/mol. The number of aromatic amines is 1. The Hall–Kier alpha value is -1.36. The number of hydrogen-bond donors (Lipinski definition) is 3. The lowest BCUT2D eigenvalue weighted by Gasteiger charge is -1.98. The molecule has 0 aliphatic carbocycles. The molecule has 0 spiro atoms. The first-order valence-corrected chi connectivity index (χ1v) is 3.69. The Morgan fingerprint density at radius 1 is 1.75 bits per heavy atom. The lowest BCUT2D eigenvalue weighted by Crippen LogP contribution is -2.25. The summed E-state index contributed by atoms with van der Waals surface area (Å²) in [5.41, 5.74) is 0.926. The van der Waals surface area contributed by atoms with Gasteiger partial charge in [0.25, 0.3) is 0 Å². The van der Waals surface area contributed by atoms with Crippen molar-refractivity contribution in [3.63, 3.8) is 0 Å². The van der Waals surface area contributed by atoms with Gasteiger partial charge < -0.3 is 10.6 Å². The van der Waals surface area contributed by atoms with Crippen LogP contribution in [-0.4, -0.2) is 29.7 Å². The van der Waals surface area contributed by atoms with Crippen molar-refractivity contribution in [1.29, 1.82) is 0 Å². The Labute approximate surface area is 70.5 Å². The molecule has 12 heavy (non-hydrogen) atoms. The molecule has 0 radical (unpaired) electrons. The van der Waals surface area contributed by atoms with Crippen molar-refractivity contribution in [2.75, 3.05) is 18.9 Å².